The molecule has 0 atom stereocenters. The van der Waals surface area contributed by atoms with Crippen LogP contribution in [-0.2, 0) is 13.1 Å². The summed E-state index contributed by atoms with van der Waals surface area (Å²) in [4.78, 5) is 6.84. The molecule has 0 N–H and O–H groups in total. The van der Waals surface area contributed by atoms with Gasteiger partial charge in [-0.2, -0.15) is 0 Å². The summed E-state index contributed by atoms with van der Waals surface area (Å²) >= 11 is 6.42. The van der Waals surface area contributed by atoms with Crippen LogP contribution in [-0.4, -0.2) is 30.6 Å². The van der Waals surface area contributed by atoms with Crippen LogP contribution in [0.3, 0.4) is 0 Å². The summed E-state index contributed by atoms with van der Waals surface area (Å²) in [7, 11) is 3.30. The maximum Gasteiger partial charge on any atom is 0.161 e. The van der Waals surface area contributed by atoms with E-state index in [-0.39, 0.29) is 0 Å². The summed E-state index contributed by atoms with van der Waals surface area (Å²) in [5.74, 6) is 1.48. The molecule has 1 aromatic heterocycles. The van der Waals surface area contributed by atoms with Crippen molar-refractivity contribution in [3.05, 3.63) is 64.8 Å². The van der Waals surface area contributed by atoms with Crippen molar-refractivity contribution in [2.75, 3.05) is 20.8 Å². The van der Waals surface area contributed by atoms with Gasteiger partial charge < -0.3 is 9.47 Å². The third-order valence-corrected chi connectivity index (χ3v) is 4.77. The van der Waals surface area contributed by atoms with Crippen molar-refractivity contribution in [2.24, 2.45) is 0 Å². The van der Waals surface area contributed by atoms with Gasteiger partial charge in [0, 0.05) is 24.0 Å². The second-order valence-corrected chi connectivity index (χ2v) is 6.48. The summed E-state index contributed by atoms with van der Waals surface area (Å²) in [5, 5.41) is 1.67. The normalized spacial score (nSPS) is 11.1. The molecule has 3 rings (SSSR count). The zero-order valence-corrected chi connectivity index (χ0v) is 16.1. The van der Waals surface area contributed by atoms with Crippen LogP contribution >= 0.6 is 11.6 Å². The Morgan fingerprint density at radius 3 is 2.46 bits per heavy atom. The van der Waals surface area contributed by atoms with E-state index in [0.717, 1.165) is 53.2 Å². The van der Waals surface area contributed by atoms with Gasteiger partial charge in [-0.25, -0.2) is 4.98 Å². The first kappa shape index (κ1) is 18.5. The number of nitrogens with zero attached hydrogens (tertiary/aromatic N) is 2. The molecule has 0 bridgehead atoms. The molecule has 0 amide bonds. The molecular formula is C21H23ClN2O2. The molecule has 26 heavy (non-hydrogen) atoms. The molecule has 0 spiro atoms. The van der Waals surface area contributed by atoms with Gasteiger partial charge in [-0.05, 0) is 36.4 Å². The molecule has 0 aliphatic carbocycles. The molecule has 0 aliphatic heterocycles. The van der Waals surface area contributed by atoms with E-state index in [9.17, 15) is 0 Å². The number of benzene rings is 2. The van der Waals surface area contributed by atoms with Crippen molar-refractivity contribution < 1.29 is 9.47 Å². The molecule has 0 unspecified atom stereocenters. The molecular weight excluding hydrogens is 348 g/mol. The maximum atomic E-state index is 6.42. The van der Waals surface area contributed by atoms with Crippen molar-refractivity contribution >= 4 is 22.5 Å². The first-order chi connectivity index (χ1) is 12.6. The Labute approximate surface area is 159 Å². The largest absolute Gasteiger partial charge is 0.493 e. The molecule has 0 saturated heterocycles. The quantitative estimate of drug-likeness (QED) is 0.552. The number of ether oxygens (including phenoxy) is 2. The van der Waals surface area contributed by atoms with E-state index in [2.05, 4.69) is 35.0 Å². The van der Waals surface area contributed by atoms with Gasteiger partial charge in [0.25, 0.3) is 0 Å². The second-order valence-electron chi connectivity index (χ2n) is 6.12. The highest BCUT2D eigenvalue weighted by atomic mass is 35.5. The Balaban J connectivity index is 1.81. The average molecular weight is 371 g/mol. The van der Waals surface area contributed by atoms with Crippen molar-refractivity contribution in [3.8, 4) is 11.5 Å². The summed E-state index contributed by atoms with van der Waals surface area (Å²) in [6, 6.07) is 16.2. The van der Waals surface area contributed by atoms with Crippen LogP contribution in [0, 0.1) is 0 Å². The van der Waals surface area contributed by atoms with Gasteiger partial charge in [0.1, 0.15) is 5.15 Å². The van der Waals surface area contributed by atoms with E-state index in [1.54, 1.807) is 14.2 Å². The van der Waals surface area contributed by atoms with Crippen molar-refractivity contribution in [3.63, 3.8) is 0 Å². The standard InChI is InChI=1S/C21H23ClN2O2/c1-4-24(13-15-9-10-19(25-2)20(11-15)26-3)14-17-12-16-7-5-6-8-18(16)23-21(17)22/h5-12H,4,13-14H2,1-3H3. The van der Waals surface area contributed by atoms with E-state index in [4.69, 9.17) is 21.1 Å². The fourth-order valence-electron chi connectivity index (χ4n) is 3.00. The number of hydrogen-bond donors (Lipinski definition) is 0. The zero-order valence-electron chi connectivity index (χ0n) is 15.3. The van der Waals surface area contributed by atoms with Crippen LogP contribution in [0.5, 0.6) is 11.5 Å². The third kappa shape index (κ3) is 4.09. The number of methoxy groups -OCH3 is 2. The lowest BCUT2D eigenvalue weighted by molar-refractivity contribution is 0.270. The topological polar surface area (TPSA) is 34.6 Å². The Morgan fingerprint density at radius 2 is 1.73 bits per heavy atom. The summed E-state index contributed by atoms with van der Waals surface area (Å²) in [6.07, 6.45) is 0. The van der Waals surface area contributed by atoms with E-state index in [1.165, 1.54) is 0 Å². The maximum absolute atomic E-state index is 6.42. The number of aromatic nitrogens is 1. The molecule has 0 radical (unpaired) electrons. The molecule has 5 heteroatoms. The van der Waals surface area contributed by atoms with Gasteiger partial charge >= 0.3 is 0 Å². The van der Waals surface area contributed by atoms with E-state index < -0.39 is 0 Å². The number of fused-ring (bicyclic) bond motifs is 1. The van der Waals surface area contributed by atoms with Crippen LogP contribution in [0.25, 0.3) is 10.9 Å². The van der Waals surface area contributed by atoms with Crippen LogP contribution in [0.4, 0.5) is 0 Å². The molecule has 3 aromatic rings. The lowest BCUT2D eigenvalue weighted by Gasteiger charge is -2.22. The Hall–Kier alpha value is -2.30. The third-order valence-electron chi connectivity index (χ3n) is 4.45. The Kier molecular flexibility index (Phi) is 5.96. The molecule has 136 valence electrons. The van der Waals surface area contributed by atoms with Gasteiger partial charge in [-0.1, -0.05) is 42.8 Å². The lowest BCUT2D eigenvalue weighted by atomic mass is 10.1. The van der Waals surface area contributed by atoms with E-state index >= 15 is 0 Å². The molecule has 2 aromatic carbocycles. The number of hydrogen-bond acceptors (Lipinski definition) is 4. The van der Waals surface area contributed by atoms with E-state index in [1.807, 2.05) is 30.3 Å². The highest BCUT2D eigenvalue weighted by Crippen LogP contribution is 2.28. The lowest BCUT2D eigenvalue weighted by Crippen LogP contribution is -2.22. The zero-order chi connectivity index (χ0) is 18.5. The fraction of sp³-hybridized carbons (Fsp3) is 0.286. The molecule has 1 heterocycles. The van der Waals surface area contributed by atoms with Crippen molar-refractivity contribution in [1.82, 2.24) is 9.88 Å². The van der Waals surface area contributed by atoms with E-state index in [0.29, 0.717) is 5.15 Å². The predicted octanol–water partition coefficient (Wildman–Crippen LogP) is 4.93. The fourth-order valence-corrected chi connectivity index (χ4v) is 3.21. The minimum absolute atomic E-state index is 0.564. The second kappa shape index (κ2) is 8.39. The molecule has 0 aliphatic rings. The van der Waals surface area contributed by atoms with Gasteiger partial charge in [0.15, 0.2) is 11.5 Å². The number of halogens is 1. The molecule has 4 nitrogen and oxygen atoms in total. The average Bonchev–Trinajstić information content (AvgIpc) is 2.67. The number of para-hydroxylation sites is 1. The van der Waals surface area contributed by atoms with Gasteiger partial charge in [0.2, 0.25) is 0 Å². The van der Waals surface area contributed by atoms with Crippen LogP contribution in [0.1, 0.15) is 18.1 Å². The highest BCUT2D eigenvalue weighted by molar-refractivity contribution is 6.30. The van der Waals surface area contributed by atoms with Crippen LogP contribution < -0.4 is 9.47 Å². The predicted molar refractivity (Wildman–Crippen MR) is 106 cm³/mol. The SMILES string of the molecule is CCN(Cc1ccc(OC)c(OC)c1)Cc1cc2ccccc2nc1Cl. The van der Waals surface area contributed by atoms with Gasteiger partial charge in [-0.15, -0.1) is 0 Å². The first-order valence-electron chi connectivity index (χ1n) is 8.62. The summed E-state index contributed by atoms with van der Waals surface area (Å²) in [6.45, 7) is 4.57. The minimum Gasteiger partial charge on any atom is -0.493 e. The molecule has 0 saturated carbocycles. The van der Waals surface area contributed by atoms with Crippen molar-refractivity contribution in [1.29, 1.82) is 0 Å². The molecule has 0 fully saturated rings. The van der Waals surface area contributed by atoms with Crippen LogP contribution in [0.15, 0.2) is 48.5 Å². The number of rotatable bonds is 7. The van der Waals surface area contributed by atoms with Crippen molar-refractivity contribution in [2.45, 2.75) is 20.0 Å². The van der Waals surface area contributed by atoms with Gasteiger partial charge in [-0.3, -0.25) is 4.90 Å². The monoisotopic (exact) mass is 370 g/mol. The highest BCUT2D eigenvalue weighted by Gasteiger charge is 2.12. The Bertz CT molecular complexity index is 898. The summed E-state index contributed by atoms with van der Waals surface area (Å²) < 4.78 is 10.7. The Morgan fingerprint density at radius 1 is 0.962 bits per heavy atom. The smallest absolute Gasteiger partial charge is 0.161 e. The summed E-state index contributed by atoms with van der Waals surface area (Å²) in [5.41, 5.74) is 3.12. The minimum atomic E-state index is 0.564. The van der Waals surface area contributed by atoms with Crippen LogP contribution in [0.2, 0.25) is 5.15 Å². The van der Waals surface area contributed by atoms with Gasteiger partial charge in [0.05, 0.1) is 19.7 Å². The number of pyridine rings is 1. The first-order valence-corrected chi connectivity index (χ1v) is 8.99.